The number of aromatic nitrogens is 2. The lowest BCUT2D eigenvalue weighted by Gasteiger charge is -1.98. The molecule has 1 heterocycles. The van der Waals surface area contributed by atoms with Crippen LogP contribution in [0.5, 0.6) is 0 Å². The molecule has 6 heteroatoms. The zero-order valence-electron chi connectivity index (χ0n) is 9.20. The summed E-state index contributed by atoms with van der Waals surface area (Å²) >= 11 is 0. The van der Waals surface area contributed by atoms with Gasteiger partial charge >= 0.3 is 0 Å². The van der Waals surface area contributed by atoms with E-state index in [1.54, 1.807) is 0 Å². The third-order valence-corrected chi connectivity index (χ3v) is 2.18. The van der Waals surface area contributed by atoms with Crippen LogP contribution in [0.25, 0.3) is 11.5 Å². The summed E-state index contributed by atoms with van der Waals surface area (Å²) in [7, 11) is 0. The SMILES string of the molecule is CCNCc1nnc(-c2cccc(F)c2F)o1. The van der Waals surface area contributed by atoms with Crippen LogP contribution in [-0.2, 0) is 6.54 Å². The number of hydrogen-bond acceptors (Lipinski definition) is 4. The second-order valence-electron chi connectivity index (χ2n) is 3.38. The largest absolute Gasteiger partial charge is 0.419 e. The maximum absolute atomic E-state index is 13.4. The molecule has 2 rings (SSSR count). The predicted octanol–water partition coefficient (Wildman–Crippen LogP) is 2.12. The van der Waals surface area contributed by atoms with Gasteiger partial charge in [0.1, 0.15) is 0 Å². The van der Waals surface area contributed by atoms with Crippen molar-refractivity contribution in [1.29, 1.82) is 0 Å². The van der Waals surface area contributed by atoms with E-state index in [2.05, 4.69) is 15.5 Å². The van der Waals surface area contributed by atoms with Gasteiger partial charge in [-0.1, -0.05) is 13.0 Å². The van der Waals surface area contributed by atoms with Gasteiger partial charge in [-0.05, 0) is 18.7 Å². The number of nitrogens with zero attached hydrogens (tertiary/aromatic N) is 2. The zero-order valence-corrected chi connectivity index (χ0v) is 9.20. The van der Waals surface area contributed by atoms with Gasteiger partial charge in [0.25, 0.3) is 5.89 Å². The van der Waals surface area contributed by atoms with E-state index in [0.717, 1.165) is 12.6 Å². The molecule has 1 N–H and O–H groups in total. The van der Waals surface area contributed by atoms with Crippen molar-refractivity contribution in [2.24, 2.45) is 0 Å². The molecule has 0 unspecified atom stereocenters. The van der Waals surface area contributed by atoms with E-state index in [9.17, 15) is 8.78 Å². The highest BCUT2D eigenvalue weighted by Gasteiger charge is 2.15. The summed E-state index contributed by atoms with van der Waals surface area (Å²) in [5.41, 5.74) is -0.0275. The van der Waals surface area contributed by atoms with Crippen molar-refractivity contribution in [1.82, 2.24) is 15.5 Å². The van der Waals surface area contributed by atoms with Crippen molar-refractivity contribution in [3.8, 4) is 11.5 Å². The predicted molar refractivity (Wildman–Crippen MR) is 57.0 cm³/mol. The highest BCUT2D eigenvalue weighted by molar-refractivity contribution is 5.53. The standard InChI is InChI=1S/C11H11F2N3O/c1-2-14-6-9-15-16-11(17-9)7-4-3-5-8(12)10(7)13/h3-5,14H,2,6H2,1H3. The molecule has 0 amide bonds. The molecular weight excluding hydrogens is 228 g/mol. The Hall–Kier alpha value is -1.82. The summed E-state index contributed by atoms with van der Waals surface area (Å²) in [5.74, 6) is -1.60. The number of nitrogens with one attached hydrogen (secondary N) is 1. The highest BCUT2D eigenvalue weighted by Crippen LogP contribution is 2.22. The minimum Gasteiger partial charge on any atom is -0.419 e. The Balaban J connectivity index is 2.27. The fraction of sp³-hybridized carbons (Fsp3) is 0.273. The number of benzene rings is 1. The minimum absolute atomic E-state index is 0.0186. The van der Waals surface area contributed by atoms with Gasteiger partial charge in [-0.25, -0.2) is 8.78 Å². The van der Waals surface area contributed by atoms with E-state index in [0.29, 0.717) is 12.4 Å². The van der Waals surface area contributed by atoms with E-state index in [1.807, 2.05) is 6.92 Å². The highest BCUT2D eigenvalue weighted by atomic mass is 19.2. The van der Waals surface area contributed by atoms with Gasteiger partial charge in [0.15, 0.2) is 11.6 Å². The molecule has 17 heavy (non-hydrogen) atoms. The van der Waals surface area contributed by atoms with Crippen LogP contribution in [0.3, 0.4) is 0 Å². The van der Waals surface area contributed by atoms with Crippen molar-refractivity contribution in [3.05, 3.63) is 35.7 Å². The first-order chi connectivity index (χ1) is 8.22. The molecule has 0 saturated carbocycles. The summed E-state index contributed by atoms with van der Waals surface area (Å²) in [6.45, 7) is 3.09. The van der Waals surface area contributed by atoms with Crippen molar-refractivity contribution in [2.45, 2.75) is 13.5 Å². The lowest BCUT2D eigenvalue weighted by atomic mass is 10.2. The van der Waals surface area contributed by atoms with Gasteiger partial charge in [-0.3, -0.25) is 0 Å². The van der Waals surface area contributed by atoms with Crippen molar-refractivity contribution >= 4 is 0 Å². The smallest absolute Gasteiger partial charge is 0.250 e. The van der Waals surface area contributed by atoms with Crippen LogP contribution in [0, 0.1) is 11.6 Å². The first-order valence-electron chi connectivity index (χ1n) is 5.20. The summed E-state index contributed by atoms with van der Waals surface area (Å²) in [6.07, 6.45) is 0. The van der Waals surface area contributed by atoms with Crippen LogP contribution in [0.15, 0.2) is 22.6 Å². The first kappa shape index (κ1) is 11.7. The van der Waals surface area contributed by atoms with Gasteiger partial charge in [0.05, 0.1) is 12.1 Å². The van der Waals surface area contributed by atoms with E-state index in [-0.39, 0.29) is 11.5 Å². The molecule has 0 atom stereocenters. The van der Waals surface area contributed by atoms with Gasteiger partial charge in [0.2, 0.25) is 5.89 Å². The zero-order chi connectivity index (χ0) is 12.3. The maximum atomic E-state index is 13.4. The average molecular weight is 239 g/mol. The fourth-order valence-corrected chi connectivity index (χ4v) is 1.33. The average Bonchev–Trinajstić information content (AvgIpc) is 2.78. The van der Waals surface area contributed by atoms with Crippen LogP contribution < -0.4 is 5.32 Å². The van der Waals surface area contributed by atoms with E-state index in [4.69, 9.17) is 4.42 Å². The molecule has 90 valence electrons. The molecule has 0 fully saturated rings. The quantitative estimate of drug-likeness (QED) is 0.887. The maximum Gasteiger partial charge on any atom is 0.250 e. The monoisotopic (exact) mass is 239 g/mol. The van der Waals surface area contributed by atoms with Gasteiger partial charge in [-0.2, -0.15) is 0 Å². The molecule has 0 aliphatic rings. The molecule has 2 aromatic rings. The van der Waals surface area contributed by atoms with Crippen LogP contribution >= 0.6 is 0 Å². The molecular formula is C11H11F2N3O. The summed E-state index contributed by atoms with van der Waals surface area (Å²) < 4.78 is 31.6. The number of halogens is 2. The number of hydrogen-bond donors (Lipinski definition) is 1. The van der Waals surface area contributed by atoms with E-state index >= 15 is 0 Å². The summed E-state index contributed by atoms with van der Waals surface area (Å²) in [4.78, 5) is 0. The Morgan fingerprint density at radius 3 is 2.88 bits per heavy atom. The lowest BCUT2D eigenvalue weighted by Crippen LogP contribution is -2.11. The third kappa shape index (κ3) is 2.47. The molecule has 1 aromatic heterocycles. The Morgan fingerprint density at radius 2 is 2.12 bits per heavy atom. The topological polar surface area (TPSA) is 51.0 Å². The lowest BCUT2D eigenvalue weighted by molar-refractivity contribution is 0.472. The van der Waals surface area contributed by atoms with Crippen LogP contribution in [-0.4, -0.2) is 16.7 Å². The molecule has 4 nitrogen and oxygen atoms in total. The fourth-order valence-electron chi connectivity index (χ4n) is 1.33. The molecule has 1 aromatic carbocycles. The number of rotatable bonds is 4. The Bertz CT molecular complexity index is 513. The van der Waals surface area contributed by atoms with Crippen LogP contribution in [0.2, 0.25) is 0 Å². The summed E-state index contributed by atoms with van der Waals surface area (Å²) in [5, 5.41) is 10.4. The first-order valence-corrected chi connectivity index (χ1v) is 5.20. The second kappa shape index (κ2) is 5.01. The molecule has 0 saturated heterocycles. The van der Waals surface area contributed by atoms with E-state index < -0.39 is 11.6 Å². The molecule has 0 spiro atoms. The van der Waals surface area contributed by atoms with Gasteiger partial charge in [0, 0.05) is 0 Å². The van der Waals surface area contributed by atoms with Crippen LogP contribution in [0.1, 0.15) is 12.8 Å². The molecule has 0 aliphatic heterocycles. The minimum atomic E-state index is -0.980. The molecule has 0 bridgehead atoms. The third-order valence-electron chi connectivity index (χ3n) is 2.18. The normalized spacial score (nSPS) is 10.8. The van der Waals surface area contributed by atoms with Gasteiger partial charge < -0.3 is 9.73 Å². The Kier molecular flexibility index (Phi) is 3.43. The summed E-state index contributed by atoms with van der Waals surface area (Å²) in [6, 6.07) is 3.82. The molecule has 0 aliphatic carbocycles. The Labute approximate surface area is 96.7 Å². The Morgan fingerprint density at radius 1 is 1.29 bits per heavy atom. The van der Waals surface area contributed by atoms with Crippen molar-refractivity contribution < 1.29 is 13.2 Å². The van der Waals surface area contributed by atoms with Crippen LogP contribution in [0.4, 0.5) is 8.78 Å². The van der Waals surface area contributed by atoms with Crippen molar-refractivity contribution in [3.63, 3.8) is 0 Å². The second-order valence-corrected chi connectivity index (χ2v) is 3.38. The molecule has 0 radical (unpaired) electrons. The van der Waals surface area contributed by atoms with E-state index in [1.165, 1.54) is 12.1 Å². The van der Waals surface area contributed by atoms with Gasteiger partial charge in [-0.15, -0.1) is 10.2 Å². The van der Waals surface area contributed by atoms with Crippen molar-refractivity contribution in [2.75, 3.05) is 6.54 Å².